The Bertz CT molecular complexity index is 50.7. The third kappa shape index (κ3) is 15.6. The first-order valence-electron chi connectivity index (χ1n) is 3.90. The minimum atomic E-state index is 0.500. The van der Waals surface area contributed by atoms with Crippen LogP contribution in [0.2, 0.25) is 0 Å². The van der Waals surface area contributed by atoms with Crippen LogP contribution in [0.5, 0.6) is 0 Å². The van der Waals surface area contributed by atoms with Gasteiger partial charge in [-0.25, -0.2) is 0 Å². The van der Waals surface area contributed by atoms with Crippen LogP contribution in [0.3, 0.4) is 0 Å². The van der Waals surface area contributed by atoms with E-state index in [4.69, 9.17) is 0 Å². The van der Waals surface area contributed by atoms with Gasteiger partial charge in [0.15, 0.2) is 0 Å². The van der Waals surface area contributed by atoms with Gasteiger partial charge in [0.05, 0.1) is 7.18 Å². The molecule has 1 heteroatoms. The average molecular weight is 146 g/mol. The summed E-state index contributed by atoms with van der Waals surface area (Å²) < 4.78 is 9.50. The van der Waals surface area contributed by atoms with Gasteiger partial charge in [0.25, 0.3) is 0 Å². The molecule has 0 N–H and O–H groups in total. The summed E-state index contributed by atoms with van der Waals surface area (Å²) >= 11 is 0. The van der Waals surface area contributed by atoms with Gasteiger partial charge in [0, 0.05) is 0 Å². The summed E-state index contributed by atoms with van der Waals surface area (Å²) in [4.78, 5) is 0. The van der Waals surface area contributed by atoms with Crippen LogP contribution in [0.15, 0.2) is 12.7 Å². The molecule has 0 fully saturated rings. The van der Waals surface area contributed by atoms with E-state index in [1.54, 1.807) is 0 Å². The van der Waals surface area contributed by atoms with E-state index >= 15 is 0 Å². The molecule has 0 unspecified atom stereocenters. The van der Waals surface area contributed by atoms with E-state index in [-0.39, 0.29) is 0 Å². The first kappa shape index (κ1) is 12.4. The van der Waals surface area contributed by atoms with Crippen molar-refractivity contribution in [2.45, 2.75) is 39.0 Å². The summed E-state index contributed by atoms with van der Waals surface area (Å²) in [6.07, 6.45) is 8.61. The highest BCUT2D eigenvalue weighted by Crippen LogP contribution is 2.01. The molecule has 0 saturated carbocycles. The van der Waals surface area contributed by atoms with Crippen LogP contribution in [0.1, 0.15) is 39.0 Å². The van der Waals surface area contributed by atoms with E-state index in [0.29, 0.717) is 7.18 Å². The lowest BCUT2D eigenvalue weighted by Gasteiger charge is -1.91. The van der Waals surface area contributed by atoms with E-state index in [0.717, 1.165) is 0 Å². The van der Waals surface area contributed by atoms with Gasteiger partial charge in [-0.3, -0.25) is 4.39 Å². The lowest BCUT2D eigenvalue weighted by atomic mass is 10.2. The quantitative estimate of drug-likeness (QED) is 0.409. The second-order valence-corrected chi connectivity index (χ2v) is 2.14. The summed E-state index contributed by atoms with van der Waals surface area (Å²) in [6.45, 7) is 5.89. The standard InChI is InChI=1S/C8H16.CH3F/c1-3-5-7-8-6-4-2;1-2/h3H,1,4-8H2,2H3;1H3. The fourth-order valence-electron chi connectivity index (χ4n) is 0.715. The number of allylic oxidation sites excluding steroid dienone is 1. The molecule has 0 nitrogen and oxygen atoms in total. The third-order valence-corrected chi connectivity index (χ3v) is 1.26. The van der Waals surface area contributed by atoms with Crippen molar-refractivity contribution in [3.8, 4) is 0 Å². The fourth-order valence-corrected chi connectivity index (χ4v) is 0.715. The molecule has 0 aliphatic heterocycles. The zero-order chi connectivity index (χ0) is 8.24. The SMILES string of the molecule is C=CCCCCCC.CF. The molecule has 0 bridgehead atoms. The normalized spacial score (nSPS) is 7.90. The molecule has 0 spiro atoms. The van der Waals surface area contributed by atoms with Gasteiger partial charge < -0.3 is 0 Å². The van der Waals surface area contributed by atoms with Gasteiger partial charge in [0.2, 0.25) is 0 Å². The number of hydrogen-bond donors (Lipinski definition) is 0. The molecule has 0 aromatic rings. The van der Waals surface area contributed by atoms with Crippen LogP contribution in [0, 0.1) is 0 Å². The molecule has 0 aliphatic carbocycles. The monoisotopic (exact) mass is 146 g/mol. The maximum absolute atomic E-state index is 9.50. The highest BCUT2D eigenvalue weighted by atomic mass is 19.1. The van der Waals surface area contributed by atoms with Crippen LogP contribution in [-0.2, 0) is 0 Å². The molecule has 10 heavy (non-hydrogen) atoms. The molecule has 0 atom stereocenters. The second kappa shape index (κ2) is 15.9. The summed E-state index contributed by atoms with van der Waals surface area (Å²) in [5, 5.41) is 0. The Labute approximate surface area is 64.1 Å². The molecule has 0 heterocycles. The van der Waals surface area contributed by atoms with Crippen molar-refractivity contribution in [2.24, 2.45) is 0 Å². The van der Waals surface area contributed by atoms with E-state index in [2.05, 4.69) is 13.5 Å². The van der Waals surface area contributed by atoms with Crippen molar-refractivity contribution in [3.05, 3.63) is 12.7 Å². The van der Waals surface area contributed by atoms with Gasteiger partial charge in [0.1, 0.15) is 0 Å². The summed E-state index contributed by atoms with van der Waals surface area (Å²) in [5.41, 5.74) is 0. The molecular weight excluding hydrogens is 127 g/mol. The molecule has 0 aromatic carbocycles. The number of alkyl halides is 1. The lowest BCUT2D eigenvalue weighted by molar-refractivity contribution is 0.636. The summed E-state index contributed by atoms with van der Waals surface area (Å²) in [5.74, 6) is 0. The molecular formula is C9H19F. The number of unbranched alkanes of at least 4 members (excludes halogenated alkanes) is 4. The molecule has 62 valence electrons. The van der Waals surface area contributed by atoms with Crippen molar-refractivity contribution in [1.82, 2.24) is 0 Å². The third-order valence-electron chi connectivity index (χ3n) is 1.26. The highest BCUT2D eigenvalue weighted by Gasteiger charge is 1.81. The predicted octanol–water partition coefficient (Wildman–Crippen LogP) is 3.73. The summed E-state index contributed by atoms with van der Waals surface area (Å²) in [6, 6.07) is 0. The zero-order valence-electron chi connectivity index (χ0n) is 7.20. The van der Waals surface area contributed by atoms with Crippen molar-refractivity contribution >= 4 is 0 Å². The second-order valence-electron chi connectivity index (χ2n) is 2.14. The fraction of sp³-hybridized carbons (Fsp3) is 0.778. The Morgan fingerprint density at radius 2 is 1.80 bits per heavy atom. The van der Waals surface area contributed by atoms with E-state index < -0.39 is 0 Å². The number of halogens is 1. The Morgan fingerprint density at radius 3 is 2.20 bits per heavy atom. The van der Waals surface area contributed by atoms with Crippen LogP contribution >= 0.6 is 0 Å². The van der Waals surface area contributed by atoms with Crippen molar-refractivity contribution in [3.63, 3.8) is 0 Å². The van der Waals surface area contributed by atoms with Crippen LogP contribution in [0.25, 0.3) is 0 Å². The topological polar surface area (TPSA) is 0 Å². The average Bonchev–Trinajstić information content (AvgIpc) is 2.02. The Balaban J connectivity index is 0. The van der Waals surface area contributed by atoms with Gasteiger partial charge >= 0.3 is 0 Å². The van der Waals surface area contributed by atoms with Crippen LogP contribution in [0.4, 0.5) is 4.39 Å². The number of hydrogen-bond acceptors (Lipinski definition) is 0. The number of rotatable bonds is 5. The Morgan fingerprint density at radius 1 is 1.20 bits per heavy atom. The first-order chi connectivity index (χ1) is 4.91. The predicted molar refractivity (Wildman–Crippen MR) is 46.0 cm³/mol. The molecule has 0 aromatic heterocycles. The lowest BCUT2D eigenvalue weighted by Crippen LogP contribution is -1.71. The van der Waals surface area contributed by atoms with E-state index in [1.807, 2.05) is 6.08 Å². The van der Waals surface area contributed by atoms with Crippen molar-refractivity contribution in [1.29, 1.82) is 0 Å². The molecule has 0 saturated heterocycles. The summed E-state index contributed by atoms with van der Waals surface area (Å²) in [7, 11) is 0.500. The van der Waals surface area contributed by atoms with E-state index in [1.165, 1.54) is 32.1 Å². The highest BCUT2D eigenvalue weighted by molar-refractivity contribution is 4.64. The van der Waals surface area contributed by atoms with Gasteiger partial charge in [-0.1, -0.05) is 32.3 Å². The van der Waals surface area contributed by atoms with Gasteiger partial charge in [-0.15, -0.1) is 6.58 Å². The minimum Gasteiger partial charge on any atom is -0.255 e. The Kier molecular flexibility index (Phi) is 19.6. The first-order valence-corrected chi connectivity index (χ1v) is 3.90. The zero-order valence-corrected chi connectivity index (χ0v) is 7.20. The maximum Gasteiger partial charge on any atom is 0.0785 e. The smallest absolute Gasteiger partial charge is 0.0785 e. The minimum absolute atomic E-state index is 0.500. The molecule has 0 aliphatic rings. The molecule has 0 amide bonds. The largest absolute Gasteiger partial charge is 0.255 e. The van der Waals surface area contributed by atoms with Crippen molar-refractivity contribution < 1.29 is 4.39 Å². The molecule has 0 rings (SSSR count). The van der Waals surface area contributed by atoms with Gasteiger partial charge in [-0.05, 0) is 12.8 Å². The van der Waals surface area contributed by atoms with Crippen molar-refractivity contribution in [2.75, 3.05) is 7.18 Å². The van der Waals surface area contributed by atoms with E-state index in [9.17, 15) is 4.39 Å². The van der Waals surface area contributed by atoms with Crippen LogP contribution < -0.4 is 0 Å². The maximum atomic E-state index is 9.50. The molecule has 0 radical (unpaired) electrons. The Hall–Kier alpha value is -0.330. The van der Waals surface area contributed by atoms with Gasteiger partial charge in [-0.2, -0.15) is 0 Å². The van der Waals surface area contributed by atoms with Crippen LogP contribution in [-0.4, -0.2) is 7.18 Å².